The molecule has 0 bridgehead atoms. The summed E-state index contributed by atoms with van der Waals surface area (Å²) >= 11 is 5.84. The van der Waals surface area contributed by atoms with Crippen molar-refractivity contribution >= 4 is 33.5 Å². The number of carbonyl (C=O) groups excluding carboxylic acids is 2. The number of rotatable bonds is 11. The Kier molecular flexibility index (Phi) is 9.49. The van der Waals surface area contributed by atoms with Crippen molar-refractivity contribution in [2.45, 2.75) is 31.2 Å². The summed E-state index contributed by atoms with van der Waals surface area (Å²) in [7, 11) is -2.50. The molecule has 0 saturated heterocycles. The van der Waals surface area contributed by atoms with Gasteiger partial charge in [-0.25, -0.2) is 8.42 Å². The molecule has 2 aromatic carbocycles. The molecule has 2 N–H and O–H groups in total. The molecule has 0 fully saturated rings. The molecule has 0 spiro atoms. The zero-order valence-corrected chi connectivity index (χ0v) is 19.7. The number of benzene rings is 2. The second kappa shape index (κ2) is 11.8. The molecule has 2 aromatic rings. The molecule has 1 atom stereocenters. The maximum atomic E-state index is 12.6. The maximum Gasteiger partial charge on any atom is 0.324 e. The van der Waals surface area contributed by atoms with Crippen LogP contribution in [-0.4, -0.2) is 46.6 Å². The van der Waals surface area contributed by atoms with E-state index >= 15 is 0 Å². The standard InChI is InChI=1S/C22H27ClN2O6S/c1-15(2)21(25-32(28,29)19-10-8-18(30-3)9-11-19)22(27)31-14-20(26)24-13-12-16-4-6-17(23)7-5-16/h4-11,15,21,25H,12-14H2,1-3H3,(H,24,26). The summed E-state index contributed by atoms with van der Waals surface area (Å²) in [6, 6.07) is 11.9. The number of esters is 1. The van der Waals surface area contributed by atoms with Crippen LogP contribution in [0.25, 0.3) is 0 Å². The van der Waals surface area contributed by atoms with E-state index in [4.69, 9.17) is 21.1 Å². The van der Waals surface area contributed by atoms with Gasteiger partial charge in [-0.15, -0.1) is 0 Å². The summed E-state index contributed by atoms with van der Waals surface area (Å²) < 4.78 is 37.7. The van der Waals surface area contributed by atoms with Crippen LogP contribution in [0.5, 0.6) is 5.75 Å². The average Bonchev–Trinajstić information content (AvgIpc) is 2.77. The Morgan fingerprint density at radius 1 is 1.03 bits per heavy atom. The van der Waals surface area contributed by atoms with Crippen molar-refractivity contribution in [2.24, 2.45) is 5.92 Å². The van der Waals surface area contributed by atoms with Gasteiger partial charge in [0.1, 0.15) is 11.8 Å². The lowest BCUT2D eigenvalue weighted by molar-refractivity contribution is -0.151. The van der Waals surface area contributed by atoms with Crippen LogP contribution in [0, 0.1) is 5.92 Å². The maximum absolute atomic E-state index is 12.6. The fraction of sp³-hybridized carbons (Fsp3) is 0.364. The Balaban J connectivity index is 1.87. The van der Waals surface area contributed by atoms with Gasteiger partial charge >= 0.3 is 5.97 Å². The minimum absolute atomic E-state index is 0.0170. The van der Waals surface area contributed by atoms with Crippen LogP contribution in [0.1, 0.15) is 19.4 Å². The van der Waals surface area contributed by atoms with E-state index in [1.165, 1.54) is 31.4 Å². The van der Waals surface area contributed by atoms with E-state index in [-0.39, 0.29) is 4.90 Å². The number of sulfonamides is 1. The number of hydrogen-bond acceptors (Lipinski definition) is 6. The molecule has 32 heavy (non-hydrogen) atoms. The van der Waals surface area contributed by atoms with E-state index in [2.05, 4.69) is 10.0 Å². The summed E-state index contributed by atoms with van der Waals surface area (Å²) in [6.45, 7) is 3.20. The van der Waals surface area contributed by atoms with Crippen molar-refractivity contribution in [2.75, 3.05) is 20.3 Å². The van der Waals surface area contributed by atoms with Gasteiger partial charge in [-0.1, -0.05) is 37.6 Å². The normalized spacial score (nSPS) is 12.3. The molecule has 0 heterocycles. The fourth-order valence-electron chi connectivity index (χ4n) is 2.72. The number of ether oxygens (including phenoxy) is 2. The van der Waals surface area contributed by atoms with Crippen molar-refractivity contribution in [3.8, 4) is 5.75 Å². The third-order valence-electron chi connectivity index (χ3n) is 4.57. The van der Waals surface area contributed by atoms with Crippen molar-refractivity contribution in [1.82, 2.24) is 10.0 Å². The van der Waals surface area contributed by atoms with E-state index in [1.54, 1.807) is 26.0 Å². The number of hydrogen-bond donors (Lipinski definition) is 2. The van der Waals surface area contributed by atoms with E-state index in [0.29, 0.717) is 23.7 Å². The molecular weight excluding hydrogens is 456 g/mol. The third-order valence-corrected chi connectivity index (χ3v) is 6.28. The molecule has 2 rings (SSSR count). The van der Waals surface area contributed by atoms with Crippen LogP contribution in [0.3, 0.4) is 0 Å². The topological polar surface area (TPSA) is 111 Å². The quantitative estimate of drug-likeness (QED) is 0.476. The number of methoxy groups -OCH3 is 1. The number of amides is 1. The summed E-state index contributed by atoms with van der Waals surface area (Å²) in [6.07, 6.45) is 0.590. The highest BCUT2D eigenvalue weighted by Crippen LogP contribution is 2.17. The Bertz CT molecular complexity index is 1010. The van der Waals surface area contributed by atoms with Gasteiger partial charge in [0.25, 0.3) is 5.91 Å². The summed E-state index contributed by atoms with van der Waals surface area (Å²) in [5.74, 6) is -1.20. The Labute approximate surface area is 193 Å². The Hall–Kier alpha value is -2.62. The Morgan fingerprint density at radius 3 is 2.22 bits per heavy atom. The molecule has 8 nitrogen and oxygen atoms in total. The van der Waals surface area contributed by atoms with Gasteiger partial charge in [-0.3, -0.25) is 9.59 Å². The second-order valence-corrected chi connectivity index (χ2v) is 9.50. The highest BCUT2D eigenvalue weighted by atomic mass is 35.5. The van der Waals surface area contributed by atoms with Crippen LogP contribution < -0.4 is 14.8 Å². The molecule has 0 saturated carbocycles. The summed E-state index contributed by atoms with van der Waals surface area (Å²) in [5.41, 5.74) is 1.000. The van der Waals surface area contributed by atoms with Gasteiger partial charge in [-0.05, 0) is 54.3 Å². The van der Waals surface area contributed by atoms with Crippen LogP contribution in [0.4, 0.5) is 0 Å². The molecule has 10 heteroatoms. The predicted octanol–water partition coefficient (Wildman–Crippen LogP) is 2.55. The summed E-state index contributed by atoms with van der Waals surface area (Å²) in [5, 5.41) is 3.29. The van der Waals surface area contributed by atoms with Gasteiger partial charge < -0.3 is 14.8 Å². The van der Waals surface area contributed by atoms with Gasteiger partial charge in [0.2, 0.25) is 10.0 Å². The largest absolute Gasteiger partial charge is 0.497 e. The van der Waals surface area contributed by atoms with E-state index in [0.717, 1.165) is 5.56 Å². The molecule has 1 amide bonds. The summed E-state index contributed by atoms with van der Waals surface area (Å²) in [4.78, 5) is 24.4. The molecule has 0 aliphatic carbocycles. The van der Waals surface area contributed by atoms with Gasteiger partial charge in [-0.2, -0.15) is 4.72 Å². The smallest absolute Gasteiger partial charge is 0.324 e. The first-order valence-corrected chi connectivity index (χ1v) is 11.8. The molecule has 0 aliphatic heterocycles. The molecular formula is C22H27ClN2O6S. The monoisotopic (exact) mass is 482 g/mol. The average molecular weight is 483 g/mol. The molecule has 0 aromatic heterocycles. The second-order valence-electron chi connectivity index (χ2n) is 7.35. The number of halogens is 1. The minimum Gasteiger partial charge on any atom is -0.497 e. The van der Waals surface area contributed by atoms with Crippen molar-refractivity contribution in [3.63, 3.8) is 0 Å². The lowest BCUT2D eigenvalue weighted by Crippen LogP contribution is -2.46. The van der Waals surface area contributed by atoms with Crippen LogP contribution in [-0.2, 0) is 30.8 Å². The van der Waals surface area contributed by atoms with Gasteiger partial charge in [0.05, 0.1) is 12.0 Å². The van der Waals surface area contributed by atoms with Gasteiger partial charge in [0, 0.05) is 11.6 Å². The SMILES string of the molecule is COc1ccc(S(=O)(=O)NC(C(=O)OCC(=O)NCCc2ccc(Cl)cc2)C(C)C)cc1. The number of carbonyl (C=O) groups is 2. The molecule has 0 radical (unpaired) electrons. The highest BCUT2D eigenvalue weighted by molar-refractivity contribution is 7.89. The lowest BCUT2D eigenvalue weighted by Gasteiger charge is -2.20. The van der Waals surface area contributed by atoms with Crippen molar-refractivity contribution in [1.29, 1.82) is 0 Å². The third kappa shape index (κ3) is 7.81. The number of nitrogens with one attached hydrogen (secondary N) is 2. The zero-order valence-electron chi connectivity index (χ0n) is 18.1. The first-order chi connectivity index (χ1) is 15.1. The van der Waals surface area contributed by atoms with Crippen LogP contribution in [0.15, 0.2) is 53.4 Å². The minimum atomic E-state index is -3.98. The van der Waals surface area contributed by atoms with Crippen molar-refractivity contribution in [3.05, 3.63) is 59.1 Å². The van der Waals surface area contributed by atoms with E-state index in [1.807, 2.05) is 12.1 Å². The lowest BCUT2D eigenvalue weighted by atomic mass is 10.1. The van der Waals surface area contributed by atoms with Crippen LogP contribution in [0.2, 0.25) is 5.02 Å². The van der Waals surface area contributed by atoms with Gasteiger partial charge in [0.15, 0.2) is 6.61 Å². The van der Waals surface area contributed by atoms with E-state index in [9.17, 15) is 18.0 Å². The van der Waals surface area contributed by atoms with E-state index < -0.39 is 40.5 Å². The van der Waals surface area contributed by atoms with Crippen LogP contribution >= 0.6 is 11.6 Å². The van der Waals surface area contributed by atoms with Crippen molar-refractivity contribution < 1.29 is 27.5 Å². The Morgan fingerprint density at radius 2 is 1.66 bits per heavy atom. The zero-order chi connectivity index (χ0) is 23.7. The predicted molar refractivity (Wildman–Crippen MR) is 121 cm³/mol. The fourth-order valence-corrected chi connectivity index (χ4v) is 4.18. The highest BCUT2D eigenvalue weighted by Gasteiger charge is 2.30. The first-order valence-electron chi connectivity index (χ1n) is 9.96. The molecule has 174 valence electrons. The molecule has 0 aliphatic rings. The first kappa shape index (κ1) is 25.6. The molecule has 1 unspecified atom stereocenters.